The molecule has 0 spiro atoms. The van der Waals surface area contributed by atoms with E-state index in [2.05, 4.69) is 5.32 Å². The molecule has 1 aliphatic heterocycles. The van der Waals surface area contributed by atoms with Crippen molar-refractivity contribution in [3.05, 3.63) is 24.3 Å². The first-order chi connectivity index (χ1) is 11.4. The van der Waals surface area contributed by atoms with Gasteiger partial charge < -0.3 is 24.8 Å². The minimum absolute atomic E-state index is 0.210. The van der Waals surface area contributed by atoms with Crippen LogP contribution in [-0.2, 0) is 9.53 Å². The van der Waals surface area contributed by atoms with Crippen LogP contribution in [0.4, 0.5) is 10.5 Å². The van der Waals surface area contributed by atoms with Crippen molar-refractivity contribution in [2.24, 2.45) is 5.41 Å². The lowest BCUT2D eigenvalue weighted by molar-refractivity contribution is -0.146. The maximum Gasteiger partial charge on any atom is 0.321 e. The second kappa shape index (κ2) is 8.01. The third-order valence-corrected chi connectivity index (χ3v) is 4.12. The maximum atomic E-state index is 12.3. The number of nitrogens with one attached hydrogen (secondary N) is 1. The van der Waals surface area contributed by atoms with E-state index in [1.807, 2.05) is 6.07 Å². The Balaban J connectivity index is 1.89. The molecule has 1 aliphatic rings. The van der Waals surface area contributed by atoms with Crippen molar-refractivity contribution < 1.29 is 24.2 Å². The molecular formula is C17H24N2O5. The van der Waals surface area contributed by atoms with E-state index in [0.717, 1.165) is 6.42 Å². The summed E-state index contributed by atoms with van der Waals surface area (Å²) in [7, 11) is 1.64. The van der Waals surface area contributed by atoms with Crippen LogP contribution >= 0.6 is 0 Å². The van der Waals surface area contributed by atoms with Gasteiger partial charge in [0.1, 0.15) is 5.75 Å². The summed E-state index contributed by atoms with van der Waals surface area (Å²) in [6.07, 6.45) is 1.24. The second-order valence-electron chi connectivity index (χ2n) is 6.19. The zero-order chi connectivity index (χ0) is 17.6. The number of carbonyl (C=O) groups is 2. The van der Waals surface area contributed by atoms with Crippen LogP contribution in [0.15, 0.2) is 24.3 Å². The van der Waals surface area contributed by atoms with Crippen LogP contribution in [-0.4, -0.2) is 55.4 Å². The zero-order valence-corrected chi connectivity index (χ0v) is 14.1. The van der Waals surface area contributed by atoms with Gasteiger partial charge in [-0.2, -0.15) is 0 Å². The van der Waals surface area contributed by atoms with E-state index in [1.165, 1.54) is 4.90 Å². The first kappa shape index (κ1) is 18.1. The molecule has 7 nitrogen and oxygen atoms in total. The Kier molecular flexibility index (Phi) is 6.03. The second-order valence-corrected chi connectivity index (χ2v) is 6.19. The number of hydrogen-bond donors (Lipinski definition) is 2. The molecule has 2 rings (SSSR count). The van der Waals surface area contributed by atoms with E-state index >= 15 is 0 Å². The number of likely N-dealkylation sites (tertiary alicyclic amines) is 1. The molecule has 0 saturated carbocycles. The third kappa shape index (κ3) is 4.61. The summed E-state index contributed by atoms with van der Waals surface area (Å²) in [6.45, 7) is 3.47. The lowest BCUT2D eigenvalue weighted by atomic mass is 9.90. The maximum absolute atomic E-state index is 12.3. The highest BCUT2D eigenvalue weighted by atomic mass is 16.5. The van der Waals surface area contributed by atoms with Gasteiger partial charge >= 0.3 is 12.0 Å². The number of methoxy groups -OCH3 is 1. The van der Waals surface area contributed by atoms with Crippen molar-refractivity contribution in [3.8, 4) is 5.75 Å². The third-order valence-electron chi connectivity index (χ3n) is 4.12. The van der Waals surface area contributed by atoms with Gasteiger partial charge in [0.25, 0.3) is 0 Å². The Morgan fingerprint density at radius 1 is 1.38 bits per heavy atom. The average Bonchev–Trinajstić information content (AvgIpc) is 2.96. The Hall–Kier alpha value is -2.28. The number of aliphatic carboxylic acids is 1. The molecule has 1 aromatic rings. The molecule has 0 bridgehead atoms. The number of ether oxygens (including phenoxy) is 2. The van der Waals surface area contributed by atoms with Crippen molar-refractivity contribution in [1.82, 2.24) is 4.90 Å². The van der Waals surface area contributed by atoms with E-state index in [4.69, 9.17) is 9.47 Å². The van der Waals surface area contributed by atoms with Gasteiger partial charge in [0.05, 0.1) is 12.0 Å². The van der Waals surface area contributed by atoms with Crippen LogP contribution in [0.1, 0.15) is 19.8 Å². The quantitative estimate of drug-likeness (QED) is 0.747. The molecule has 0 aromatic heterocycles. The fraction of sp³-hybridized carbons (Fsp3) is 0.529. The van der Waals surface area contributed by atoms with Gasteiger partial charge in [0.2, 0.25) is 0 Å². The van der Waals surface area contributed by atoms with E-state index in [-0.39, 0.29) is 12.6 Å². The number of carboxylic acid groups (broad SMARTS) is 1. The summed E-state index contributed by atoms with van der Waals surface area (Å²) in [5.41, 5.74) is -0.253. The molecule has 24 heavy (non-hydrogen) atoms. The fourth-order valence-electron chi connectivity index (χ4n) is 2.57. The molecule has 1 fully saturated rings. The van der Waals surface area contributed by atoms with Gasteiger partial charge in [-0.3, -0.25) is 4.79 Å². The van der Waals surface area contributed by atoms with Crippen molar-refractivity contribution in [2.75, 3.05) is 38.7 Å². The van der Waals surface area contributed by atoms with Crippen LogP contribution in [0.3, 0.4) is 0 Å². The van der Waals surface area contributed by atoms with Crippen LogP contribution in [0.5, 0.6) is 5.75 Å². The summed E-state index contributed by atoms with van der Waals surface area (Å²) in [5, 5.41) is 12.0. The van der Waals surface area contributed by atoms with E-state index < -0.39 is 11.4 Å². The lowest BCUT2D eigenvalue weighted by Crippen LogP contribution is -2.37. The number of benzene rings is 1. The SMILES string of the molecule is COCCCOc1cccc(NC(=O)N2CCC(C)(C(=O)O)C2)c1. The summed E-state index contributed by atoms with van der Waals surface area (Å²) < 4.78 is 10.6. The van der Waals surface area contributed by atoms with E-state index in [0.29, 0.717) is 37.6 Å². The number of amides is 2. The van der Waals surface area contributed by atoms with Gasteiger partial charge in [-0.15, -0.1) is 0 Å². The predicted octanol–water partition coefficient (Wildman–Crippen LogP) is 2.43. The average molecular weight is 336 g/mol. The fourth-order valence-corrected chi connectivity index (χ4v) is 2.57. The van der Waals surface area contributed by atoms with Crippen molar-refractivity contribution in [3.63, 3.8) is 0 Å². The molecule has 0 radical (unpaired) electrons. The lowest BCUT2D eigenvalue weighted by Gasteiger charge is -2.20. The molecule has 1 heterocycles. The molecule has 1 atom stereocenters. The van der Waals surface area contributed by atoms with Crippen molar-refractivity contribution in [2.45, 2.75) is 19.8 Å². The van der Waals surface area contributed by atoms with E-state index in [9.17, 15) is 14.7 Å². The van der Waals surface area contributed by atoms with Crippen molar-refractivity contribution in [1.29, 1.82) is 0 Å². The smallest absolute Gasteiger partial charge is 0.321 e. The Morgan fingerprint density at radius 3 is 2.83 bits per heavy atom. The first-order valence-electron chi connectivity index (χ1n) is 7.96. The number of anilines is 1. The van der Waals surface area contributed by atoms with Gasteiger partial charge in [0, 0.05) is 45.0 Å². The van der Waals surface area contributed by atoms with Crippen LogP contribution in [0.25, 0.3) is 0 Å². The highest BCUT2D eigenvalue weighted by Gasteiger charge is 2.42. The minimum Gasteiger partial charge on any atom is -0.493 e. The molecule has 132 valence electrons. The number of urea groups is 1. The summed E-state index contributed by atoms with van der Waals surface area (Å²) in [5.74, 6) is -0.204. The molecule has 1 unspecified atom stereocenters. The molecule has 7 heteroatoms. The number of hydrogen-bond acceptors (Lipinski definition) is 4. The highest BCUT2D eigenvalue weighted by Crippen LogP contribution is 2.30. The predicted molar refractivity (Wildman–Crippen MR) is 89.4 cm³/mol. The zero-order valence-electron chi connectivity index (χ0n) is 14.1. The Bertz CT molecular complexity index is 592. The summed E-state index contributed by atoms with van der Waals surface area (Å²) in [4.78, 5) is 25.1. The van der Waals surface area contributed by atoms with Crippen LogP contribution in [0, 0.1) is 5.41 Å². The number of rotatable bonds is 7. The van der Waals surface area contributed by atoms with Gasteiger partial charge in [0.15, 0.2) is 0 Å². The van der Waals surface area contributed by atoms with Crippen molar-refractivity contribution >= 4 is 17.7 Å². The number of carboxylic acids is 1. The number of nitrogens with zero attached hydrogens (tertiary/aromatic N) is 1. The molecule has 1 saturated heterocycles. The van der Waals surface area contributed by atoms with Gasteiger partial charge in [-0.05, 0) is 25.5 Å². The van der Waals surface area contributed by atoms with Crippen LogP contribution in [0.2, 0.25) is 0 Å². The Morgan fingerprint density at radius 2 is 2.17 bits per heavy atom. The summed E-state index contributed by atoms with van der Waals surface area (Å²) >= 11 is 0. The van der Waals surface area contributed by atoms with E-state index in [1.54, 1.807) is 32.2 Å². The summed E-state index contributed by atoms with van der Waals surface area (Å²) in [6, 6.07) is 6.84. The van der Waals surface area contributed by atoms with Gasteiger partial charge in [-0.25, -0.2) is 4.79 Å². The normalized spacial score (nSPS) is 20.0. The largest absolute Gasteiger partial charge is 0.493 e. The minimum atomic E-state index is -0.871. The molecule has 1 aromatic carbocycles. The molecular weight excluding hydrogens is 312 g/mol. The Labute approximate surface area is 141 Å². The van der Waals surface area contributed by atoms with Crippen LogP contribution < -0.4 is 10.1 Å². The first-order valence-corrected chi connectivity index (χ1v) is 7.96. The molecule has 0 aliphatic carbocycles. The topological polar surface area (TPSA) is 88.1 Å². The monoisotopic (exact) mass is 336 g/mol. The van der Waals surface area contributed by atoms with Gasteiger partial charge in [-0.1, -0.05) is 6.07 Å². The number of carbonyl (C=O) groups excluding carboxylic acids is 1. The molecule has 2 amide bonds. The standard InChI is InChI=1S/C17H24N2O5/c1-17(15(20)21)7-8-19(12-17)16(22)18-13-5-3-6-14(11-13)24-10-4-9-23-2/h3,5-6,11H,4,7-10,12H2,1-2H3,(H,18,22)(H,20,21). The highest BCUT2D eigenvalue weighted by molar-refractivity contribution is 5.90. The molecule has 2 N–H and O–H groups in total.